The topological polar surface area (TPSA) is 112 Å². The quantitative estimate of drug-likeness (QED) is 0.345. The van der Waals surface area contributed by atoms with Gasteiger partial charge in [0.2, 0.25) is 6.41 Å². The molecule has 3 rings (SSSR count). The number of nitrogens with one attached hydrogen (secondary N) is 3. The van der Waals surface area contributed by atoms with Gasteiger partial charge in [-0.25, -0.2) is 4.79 Å². The number of benzene rings is 2. The molecule has 1 aliphatic rings. The predicted octanol–water partition coefficient (Wildman–Crippen LogP) is 2.50. The molecule has 0 saturated carbocycles. The molecule has 2 aromatic rings. The smallest absolute Gasteiger partial charge is 0.322 e. The van der Waals surface area contributed by atoms with Crippen molar-refractivity contribution in [1.82, 2.24) is 15.5 Å². The minimum absolute atomic E-state index is 0.118. The molecule has 0 fully saturated rings. The number of hydrogen-bond donors (Lipinski definition) is 3. The number of methoxy groups -OCH3 is 1. The first-order valence-electron chi connectivity index (χ1n) is 10.4. The Kier molecular flexibility index (Phi) is 7.13. The Morgan fingerprint density at radius 2 is 2.00 bits per heavy atom. The summed E-state index contributed by atoms with van der Waals surface area (Å²) in [6.07, 6.45) is 0.859. The molecule has 0 saturated heterocycles. The monoisotopic (exact) mass is 446 g/mol. The molecule has 1 atom stereocenters. The third kappa shape index (κ3) is 5.98. The first-order chi connectivity index (χ1) is 15.7. The normalized spacial score (nSPS) is 13.8. The number of rotatable bonds is 7. The molecule has 0 bridgehead atoms. The van der Waals surface area contributed by atoms with Crippen LogP contribution in [-0.4, -0.2) is 48.2 Å². The molecule has 2 aromatic carbocycles. The number of imide groups is 1. The second-order valence-corrected chi connectivity index (χ2v) is 8.14. The number of hydrogen-bond acceptors (Lipinski definition) is 5. The molecular weight excluding hydrogens is 420 g/mol. The van der Waals surface area contributed by atoms with Gasteiger partial charge in [0.1, 0.15) is 11.3 Å². The molecule has 1 aliphatic heterocycles. The van der Waals surface area contributed by atoms with E-state index >= 15 is 0 Å². The van der Waals surface area contributed by atoms with Crippen LogP contribution in [0.2, 0.25) is 0 Å². The van der Waals surface area contributed by atoms with Crippen LogP contribution in [0, 0.1) is 17.3 Å². The third-order valence-electron chi connectivity index (χ3n) is 5.19. The van der Waals surface area contributed by atoms with E-state index in [4.69, 9.17) is 10.1 Å². The van der Waals surface area contributed by atoms with Crippen LogP contribution in [0.3, 0.4) is 0 Å². The van der Waals surface area contributed by atoms with Gasteiger partial charge in [0, 0.05) is 29.8 Å². The summed E-state index contributed by atoms with van der Waals surface area (Å²) in [6, 6.07) is 12.1. The van der Waals surface area contributed by atoms with Crippen molar-refractivity contribution < 1.29 is 19.1 Å². The maximum atomic E-state index is 13.0. The van der Waals surface area contributed by atoms with Gasteiger partial charge in [-0.05, 0) is 49.2 Å². The van der Waals surface area contributed by atoms with E-state index in [2.05, 4.69) is 22.5 Å². The lowest BCUT2D eigenvalue weighted by molar-refractivity contribution is -0.108. The maximum Gasteiger partial charge on any atom is 0.322 e. The van der Waals surface area contributed by atoms with Crippen molar-refractivity contribution in [3.05, 3.63) is 64.7 Å². The van der Waals surface area contributed by atoms with Gasteiger partial charge in [-0.2, -0.15) is 0 Å². The fourth-order valence-electron chi connectivity index (χ4n) is 3.65. The second kappa shape index (κ2) is 10.0. The standard InChI is InChI=1S/C25H26N4O4/c1-17(26)12-19-6-4-18(5-7-19)10-11-25(2,28-24(32)27-16-30)15-29-14-20-8-9-21(33-3)13-22(20)23(29)31/h4-9,13,16,26H,12,14-15H2,1-3H3,(H2,27,28,30,32)/t25-/m1/s1. The molecule has 33 heavy (non-hydrogen) atoms. The van der Waals surface area contributed by atoms with E-state index in [1.165, 1.54) is 0 Å². The van der Waals surface area contributed by atoms with Crippen molar-refractivity contribution in [3.63, 3.8) is 0 Å². The fraction of sp³-hybridized carbons (Fsp3) is 0.280. The first kappa shape index (κ1) is 23.5. The number of urea groups is 1. The molecule has 1 heterocycles. The van der Waals surface area contributed by atoms with Crippen molar-refractivity contribution in [2.75, 3.05) is 13.7 Å². The van der Waals surface area contributed by atoms with Crippen LogP contribution >= 0.6 is 0 Å². The highest BCUT2D eigenvalue weighted by atomic mass is 16.5. The van der Waals surface area contributed by atoms with Crippen molar-refractivity contribution in [2.24, 2.45) is 0 Å². The van der Waals surface area contributed by atoms with Crippen molar-refractivity contribution in [3.8, 4) is 17.6 Å². The minimum Gasteiger partial charge on any atom is -0.497 e. The highest BCUT2D eigenvalue weighted by molar-refractivity contribution is 5.99. The van der Waals surface area contributed by atoms with E-state index in [0.717, 1.165) is 16.7 Å². The number of nitrogens with zero attached hydrogens (tertiary/aromatic N) is 1. The molecule has 4 amide bonds. The molecule has 170 valence electrons. The van der Waals surface area contributed by atoms with E-state index in [1.807, 2.05) is 30.3 Å². The molecule has 8 heteroatoms. The average molecular weight is 447 g/mol. The van der Waals surface area contributed by atoms with Gasteiger partial charge >= 0.3 is 6.03 Å². The average Bonchev–Trinajstić information content (AvgIpc) is 3.07. The summed E-state index contributed by atoms with van der Waals surface area (Å²) in [6.45, 7) is 3.95. The Hall–Kier alpha value is -4.12. The first-order valence-corrected chi connectivity index (χ1v) is 10.4. The van der Waals surface area contributed by atoms with Crippen LogP contribution in [0.15, 0.2) is 42.5 Å². The van der Waals surface area contributed by atoms with E-state index in [-0.39, 0.29) is 18.9 Å². The molecule has 3 N–H and O–H groups in total. The zero-order chi connectivity index (χ0) is 24.0. The van der Waals surface area contributed by atoms with Crippen LogP contribution in [0.25, 0.3) is 0 Å². The summed E-state index contributed by atoms with van der Waals surface area (Å²) in [7, 11) is 1.54. The Morgan fingerprint density at radius 3 is 2.64 bits per heavy atom. The van der Waals surface area contributed by atoms with E-state index in [1.54, 1.807) is 38.0 Å². The molecule has 0 unspecified atom stereocenters. The summed E-state index contributed by atoms with van der Waals surface area (Å²) in [5.74, 6) is 6.52. The lowest BCUT2D eigenvalue weighted by atomic mass is 10.0. The van der Waals surface area contributed by atoms with Gasteiger partial charge in [-0.15, -0.1) is 0 Å². The molecule has 8 nitrogen and oxygen atoms in total. The van der Waals surface area contributed by atoms with Crippen LogP contribution in [0.4, 0.5) is 4.79 Å². The van der Waals surface area contributed by atoms with Crippen LogP contribution in [0.1, 0.15) is 40.9 Å². The lowest BCUT2D eigenvalue weighted by Crippen LogP contribution is -2.55. The van der Waals surface area contributed by atoms with Crippen LogP contribution in [0.5, 0.6) is 5.75 Å². The Balaban J connectivity index is 1.83. The third-order valence-corrected chi connectivity index (χ3v) is 5.19. The van der Waals surface area contributed by atoms with E-state index < -0.39 is 11.6 Å². The number of carbonyl (C=O) groups excluding carboxylic acids is 3. The summed E-state index contributed by atoms with van der Waals surface area (Å²) < 4.78 is 5.22. The van der Waals surface area contributed by atoms with Gasteiger partial charge in [0.15, 0.2) is 0 Å². The number of amides is 4. The summed E-state index contributed by atoms with van der Waals surface area (Å²) in [4.78, 5) is 37.4. The van der Waals surface area contributed by atoms with E-state index in [0.29, 0.717) is 30.0 Å². The van der Waals surface area contributed by atoms with Gasteiger partial charge in [-0.3, -0.25) is 14.9 Å². The fourth-order valence-corrected chi connectivity index (χ4v) is 3.65. The molecule has 0 aromatic heterocycles. The molecule has 0 radical (unpaired) electrons. The number of carbonyl (C=O) groups is 3. The molecule has 0 aliphatic carbocycles. The molecule has 0 spiro atoms. The van der Waals surface area contributed by atoms with Crippen molar-refractivity contribution in [2.45, 2.75) is 32.4 Å². The summed E-state index contributed by atoms with van der Waals surface area (Å²) in [5.41, 5.74) is 2.60. The zero-order valence-corrected chi connectivity index (χ0v) is 18.8. The minimum atomic E-state index is -1.13. The summed E-state index contributed by atoms with van der Waals surface area (Å²) in [5, 5.41) is 12.4. The van der Waals surface area contributed by atoms with Crippen molar-refractivity contribution in [1.29, 1.82) is 5.41 Å². The van der Waals surface area contributed by atoms with Crippen molar-refractivity contribution >= 4 is 24.1 Å². The highest BCUT2D eigenvalue weighted by Gasteiger charge is 2.34. The van der Waals surface area contributed by atoms with Gasteiger partial charge < -0.3 is 20.4 Å². The Morgan fingerprint density at radius 1 is 1.27 bits per heavy atom. The second-order valence-electron chi connectivity index (χ2n) is 8.14. The largest absolute Gasteiger partial charge is 0.497 e. The Labute approximate surface area is 192 Å². The van der Waals surface area contributed by atoms with Crippen LogP contribution < -0.4 is 15.4 Å². The predicted molar refractivity (Wildman–Crippen MR) is 124 cm³/mol. The summed E-state index contributed by atoms with van der Waals surface area (Å²) >= 11 is 0. The van der Waals surface area contributed by atoms with Gasteiger partial charge in [0.05, 0.1) is 13.7 Å². The van der Waals surface area contributed by atoms with Gasteiger partial charge in [0.25, 0.3) is 5.91 Å². The lowest BCUT2D eigenvalue weighted by Gasteiger charge is -2.30. The van der Waals surface area contributed by atoms with Gasteiger partial charge in [-0.1, -0.05) is 30.0 Å². The number of fused-ring (bicyclic) bond motifs is 1. The van der Waals surface area contributed by atoms with Crippen LogP contribution in [-0.2, 0) is 17.8 Å². The Bertz CT molecular complexity index is 1150. The van der Waals surface area contributed by atoms with E-state index in [9.17, 15) is 14.4 Å². The SMILES string of the molecule is COc1ccc2c(c1)C(=O)N(C[C@@](C)(C#Cc1ccc(CC(C)=N)cc1)NC(=O)NC=O)C2. The maximum absolute atomic E-state index is 13.0. The highest BCUT2D eigenvalue weighted by Crippen LogP contribution is 2.27. The zero-order valence-electron chi connectivity index (χ0n) is 18.8. The molecular formula is C25H26N4O4. The number of ether oxygens (including phenoxy) is 1.